The van der Waals surface area contributed by atoms with Gasteiger partial charge in [0.25, 0.3) is 0 Å². The lowest BCUT2D eigenvalue weighted by Gasteiger charge is -2.22. The molecule has 0 aliphatic heterocycles. The van der Waals surface area contributed by atoms with Gasteiger partial charge in [0.2, 0.25) is 5.91 Å². The van der Waals surface area contributed by atoms with Crippen LogP contribution in [0, 0.1) is 0 Å². The summed E-state index contributed by atoms with van der Waals surface area (Å²) in [5.74, 6) is -0.0195. The molecule has 6 nitrogen and oxygen atoms in total. The molecule has 0 spiro atoms. The zero-order valence-corrected chi connectivity index (χ0v) is 55.5. The summed E-state index contributed by atoms with van der Waals surface area (Å²) >= 11 is 0. The van der Waals surface area contributed by atoms with Gasteiger partial charge >= 0.3 is 5.97 Å². The number of allylic oxidation sites excluding steroid dienone is 6. The van der Waals surface area contributed by atoms with Crippen LogP contribution >= 0.6 is 0 Å². The Morgan fingerprint density at radius 2 is 0.622 bits per heavy atom. The third-order valence-electron chi connectivity index (χ3n) is 17.4. The molecule has 0 rings (SSSR count). The van der Waals surface area contributed by atoms with Gasteiger partial charge in [0.15, 0.2) is 0 Å². The fourth-order valence-electron chi connectivity index (χ4n) is 11.7. The van der Waals surface area contributed by atoms with E-state index < -0.39 is 12.1 Å². The Labute approximate surface area is 513 Å². The number of esters is 1. The van der Waals surface area contributed by atoms with Gasteiger partial charge in [0.05, 0.1) is 25.4 Å². The molecule has 0 aromatic rings. The zero-order chi connectivity index (χ0) is 59.2. The molecule has 0 fully saturated rings. The first-order valence-corrected chi connectivity index (χ1v) is 37.2. The molecule has 0 radical (unpaired) electrons. The Bertz CT molecular complexity index is 1330. The molecular formula is C76H145NO5. The number of aliphatic hydroxyl groups is 2. The quantitative estimate of drug-likeness (QED) is 0.0320. The van der Waals surface area contributed by atoms with Gasteiger partial charge < -0.3 is 20.3 Å². The number of amides is 1. The molecule has 484 valence electrons. The van der Waals surface area contributed by atoms with Crippen molar-refractivity contribution in [2.75, 3.05) is 13.2 Å². The molecule has 0 aliphatic rings. The van der Waals surface area contributed by atoms with Crippen LogP contribution in [0.1, 0.15) is 412 Å². The molecule has 0 aromatic carbocycles. The van der Waals surface area contributed by atoms with Crippen molar-refractivity contribution in [3.63, 3.8) is 0 Å². The van der Waals surface area contributed by atoms with Gasteiger partial charge in [0, 0.05) is 12.8 Å². The number of carbonyl (C=O) groups excluding carboxylic acids is 2. The highest BCUT2D eigenvalue weighted by Crippen LogP contribution is 2.19. The summed E-state index contributed by atoms with van der Waals surface area (Å²) < 4.78 is 5.47. The maximum absolute atomic E-state index is 12.5. The van der Waals surface area contributed by atoms with Crippen LogP contribution in [0.5, 0.6) is 0 Å². The average molecular weight is 1150 g/mol. The minimum atomic E-state index is -0.662. The Morgan fingerprint density at radius 3 is 0.976 bits per heavy atom. The fraction of sp³-hybridized carbons (Fsp3) is 0.895. The van der Waals surface area contributed by atoms with E-state index in [4.69, 9.17) is 4.74 Å². The molecular weight excluding hydrogens is 1010 g/mol. The zero-order valence-electron chi connectivity index (χ0n) is 55.5. The van der Waals surface area contributed by atoms with Crippen molar-refractivity contribution in [3.8, 4) is 0 Å². The second-order valence-corrected chi connectivity index (χ2v) is 25.6. The summed E-state index contributed by atoms with van der Waals surface area (Å²) in [4.78, 5) is 24.5. The number of carbonyl (C=O) groups is 2. The van der Waals surface area contributed by atoms with Crippen LogP contribution in [0.4, 0.5) is 0 Å². The third-order valence-corrected chi connectivity index (χ3v) is 17.4. The first-order valence-electron chi connectivity index (χ1n) is 37.2. The van der Waals surface area contributed by atoms with E-state index in [0.29, 0.717) is 25.9 Å². The molecule has 82 heavy (non-hydrogen) atoms. The van der Waals surface area contributed by atoms with E-state index in [1.807, 2.05) is 0 Å². The number of aliphatic hydroxyl groups excluding tert-OH is 2. The van der Waals surface area contributed by atoms with Crippen molar-refractivity contribution >= 4 is 11.9 Å². The van der Waals surface area contributed by atoms with Crippen LogP contribution in [-0.2, 0) is 14.3 Å². The highest BCUT2D eigenvalue weighted by Gasteiger charge is 2.20. The first kappa shape index (κ1) is 80.1. The van der Waals surface area contributed by atoms with Crippen molar-refractivity contribution in [2.24, 2.45) is 0 Å². The number of hydrogen-bond acceptors (Lipinski definition) is 5. The predicted octanol–water partition coefficient (Wildman–Crippen LogP) is 24.3. The standard InChI is InChI=1S/C76H145NO5/c1-3-5-7-9-11-13-15-16-42-45-49-52-56-60-64-68-74(79)73(72-78)77-75(80)69-65-61-57-53-50-46-43-40-38-36-34-32-30-28-26-24-22-20-18-17-19-21-23-25-27-29-31-33-35-37-39-41-44-47-51-55-59-63-67-71-82-76(81)70-66-62-58-54-48-14-12-10-8-6-4-2/h10,12,17-18,21,23,73-74,78-79H,3-9,11,13-16,19-20,22,24-72H2,1-2H3,(H,77,80)/b12-10-,18-17-,23-21-. The van der Waals surface area contributed by atoms with E-state index in [9.17, 15) is 19.8 Å². The van der Waals surface area contributed by atoms with Crippen molar-refractivity contribution in [1.29, 1.82) is 0 Å². The summed E-state index contributed by atoms with van der Waals surface area (Å²) in [5.41, 5.74) is 0. The van der Waals surface area contributed by atoms with Gasteiger partial charge in [-0.25, -0.2) is 0 Å². The minimum Gasteiger partial charge on any atom is -0.466 e. The van der Waals surface area contributed by atoms with E-state index in [0.717, 1.165) is 51.4 Å². The number of ether oxygens (including phenoxy) is 1. The topological polar surface area (TPSA) is 95.9 Å². The van der Waals surface area contributed by atoms with Crippen molar-refractivity contribution < 1.29 is 24.5 Å². The average Bonchev–Trinajstić information content (AvgIpc) is 3.48. The summed E-state index contributed by atoms with van der Waals surface area (Å²) in [6.07, 6.45) is 92.3. The smallest absolute Gasteiger partial charge is 0.305 e. The summed E-state index contributed by atoms with van der Waals surface area (Å²) in [6.45, 7) is 4.95. The number of unbranched alkanes of at least 4 members (excludes halogenated alkanes) is 53. The molecule has 0 aliphatic carbocycles. The second kappa shape index (κ2) is 71.6. The Morgan fingerprint density at radius 1 is 0.341 bits per heavy atom. The molecule has 0 bridgehead atoms. The molecule has 0 saturated heterocycles. The van der Waals surface area contributed by atoms with Crippen LogP contribution in [-0.4, -0.2) is 47.4 Å². The van der Waals surface area contributed by atoms with Crippen molar-refractivity contribution in [2.45, 2.75) is 424 Å². The minimum absolute atomic E-state index is 0.00945. The second-order valence-electron chi connectivity index (χ2n) is 25.6. The maximum Gasteiger partial charge on any atom is 0.305 e. The predicted molar refractivity (Wildman–Crippen MR) is 361 cm³/mol. The molecule has 3 N–H and O–H groups in total. The van der Waals surface area contributed by atoms with E-state index in [-0.39, 0.29) is 18.5 Å². The molecule has 1 amide bonds. The number of nitrogens with one attached hydrogen (secondary N) is 1. The normalized spacial score (nSPS) is 12.7. The van der Waals surface area contributed by atoms with E-state index in [1.165, 1.54) is 327 Å². The summed E-state index contributed by atoms with van der Waals surface area (Å²) in [6, 6.07) is -0.539. The molecule has 0 heterocycles. The highest BCUT2D eigenvalue weighted by molar-refractivity contribution is 5.76. The summed E-state index contributed by atoms with van der Waals surface area (Å²) in [5, 5.41) is 23.3. The Hall–Kier alpha value is -1.92. The molecule has 2 unspecified atom stereocenters. The van der Waals surface area contributed by atoms with Gasteiger partial charge in [0.1, 0.15) is 0 Å². The lowest BCUT2D eigenvalue weighted by atomic mass is 10.0. The molecule has 6 heteroatoms. The van der Waals surface area contributed by atoms with Gasteiger partial charge in [-0.15, -0.1) is 0 Å². The van der Waals surface area contributed by atoms with Gasteiger partial charge in [-0.1, -0.05) is 359 Å². The lowest BCUT2D eigenvalue weighted by Crippen LogP contribution is -2.45. The van der Waals surface area contributed by atoms with E-state index in [2.05, 4.69) is 55.6 Å². The fourth-order valence-corrected chi connectivity index (χ4v) is 11.7. The Balaban J connectivity index is 3.35. The number of rotatable bonds is 70. The van der Waals surface area contributed by atoms with Crippen LogP contribution in [0.3, 0.4) is 0 Å². The molecule has 2 atom stereocenters. The SMILES string of the molecule is CCCC/C=C\CCCCCCCC(=O)OCCCCCCCCCCCCCCCCC/C=C\C/C=C\CCCCCCCCCCCCCCCCCCCC(=O)NC(CO)C(O)CCCCCCCCCCCCCCCCC. The first-order chi connectivity index (χ1) is 40.5. The summed E-state index contributed by atoms with van der Waals surface area (Å²) in [7, 11) is 0. The maximum atomic E-state index is 12.5. The van der Waals surface area contributed by atoms with Gasteiger partial charge in [-0.2, -0.15) is 0 Å². The van der Waals surface area contributed by atoms with Crippen LogP contribution in [0.25, 0.3) is 0 Å². The Kier molecular flexibility index (Phi) is 69.9. The largest absolute Gasteiger partial charge is 0.466 e. The van der Waals surface area contributed by atoms with Gasteiger partial charge in [-0.05, 0) is 77.0 Å². The van der Waals surface area contributed by atoms with Crippen LogP contribution < -0.4 is 5.32 Å². The van der Waals surface area contributed by atoms with E-state index in [1.54, 1.807) is 0 Å². The highest BCUT2D eigenvalue weighted by atomic mass is 16.5. The number of hydrogen-bond donors (Lipinski definition) is 3. The van der Waals surface area contributed by atoms with Crippen LogP contribution in [0.15, 0.2) is 36.5 Å². The van der Waals surface area contributed by atoms with E-state index >= 15 is 0 Å². The molecule has 0 saturated carbocycles. The molecule has 0 aromatic heterocycles. The lowest BCUT2D eigenvalue weighted by molar-refractivity contribution is -0.143. The van der Waals surface area contributed by atoms with Crippen molar-refractivity contribution in [3.05, 3.63) is 36.5 Å². The van der Waals surface area contributed by atoms with Gasteiger partial charge in [-0.3, -0.25) is 9.59 Å². The van der Waals surface area contributed by atoms with Crippen molar-refractivity contribution in [1.82, 2.24) is 5.32 Å². The van der Waals surface area contributed by atoms with Crippen LogP contribution in [0.2, 0.25) is 0 Å². The monoisotopic (exact) mass is 1150 g/mol. The third kappa shape index (κ3) is 67.2.